The van der Waals surface area contributed by atoms with Crippen molar-refractivity contribution in [3.05, 3.63) is 35.8 Å². The Hall–Kier alpha value is -2.50. The summed E-state index contributed by atoms with van der Waals surface area (Å²) in [5, 5.41) is 3.49. The normalized spacial score (nSPS) is 16.3. The molecule has 1 aliphatic heterocycles. The van der Waals surface area contributed by atoms with Crippen molar-refractivity contribution in [2.24, 2.45) is 0 Å². The Kier molecular flexibility index (Phi) is 4.59. The highest BCUT2D eigenvalue weighted by Gasteiger charge is 2.21. The fourth-order valence-electron chi connectivity index (χ4n) is 3.63. The molecule has 130 valence electrons. The number of fused-ring (bicyclic) bond motifs is 1. The van der Waals surface area contributed by atoms with Crippen molar-refractivity contribution in [3.8, 4) is 11.4 Å². The smallest absolute Gasteiger partial charge is 0.222 e. The lowest BCUT2D eigenvalue weighted by atomic mass is 10.2. The number of rotatable bonds is 6. The highest BCUT2D eigenvalue weighted by Crippen LogP contribution is 2.29. The molecule has 1 amide bonds. The summed E-state index contributed by atoms with van der Waals surface area (Å²) in [4.78, 5) is 27.2. The van der Waals surface area contributed by atoms with Crippen LogP contribution in [0.2, 0.25) is 0 Å². The van der Waals surface area contributed by atoms with Crippen LogP contribution < -0.4 is 5.32 Å². The fourth-order valence-corrected chi connectivity index (χ4v) is 3.63. The molecule has 2 aliphatic rings. The Morgan fingerprint density at radius 1 is 1.08 bits per heavy atom. The van der Waals surface area contributed by atoms with Gasteiger partial charge in [-0.1, -0.05) is 0 Å². The highest BCUT2D eigenvalue weighted by molar-refractivity contribution is 5.78. The van der Waals surface area contributed by atoms with E-state index in [4.69, 9.17) is 9.97 Å². The summed E-state index contributed by atoms with van der Waals surface area (Å²) >= 11 is 0. The van der Waals surface area contributed by atoms with Gasteiger partial charge in [-0.15, -0.1) is 0 Å². The summed E-state index contributed by atoms with van der Waals surface area (Å²) in [6.45, 7) is 2.56. The Labute approximate surface area is 147 Å². The number of likely N-dealkylation sites (tertiary alicyclic amines) is 1. The van der Waals surface area contributed by atoms with Crippen molar-refractivity contribution in [3.63, 3.8) is 0 Å². The molecule has 4 rings (SSSR count). The number of aromatic nitrogens is 3. The molecular formula is C19H23N5O. The van der Waals surface area contributed by atoms with Crippen LogP contribution in [0.25, 0.3) is 11.4 Å². The molecule has 0 saturated carbocycles. The number of aryl methyl sites for hydroxylation is 1. The van der Waals surface area contributed by atoms with Crippen LogP contribution in [0.1, 0.15) is 36.9 Å². The van der Waals surface area contributed by atoms with Crippen LogP contribution in [0.4, 0.5) is 5.82 Å². The maximum Gasteiger partial charge on any atom is 0.222 e. The molecule has 2 aromatic rings. The lowest BCUT2D eigenvalue weighted by Crippen LogP contribution is -2.27. The summed E-state index contributed by atoms with van der Waals surface area (Å²) in [6, 6.07) is 3.89. The van der Waals surface area contributed by atoms with E-state index in [0.29, 0.717) is 12.3 Å². The first-order valence-corrected chi connectivity index (χ1v) is 9.13. The van der Waals surface area contributed by atoms with Crippen molar-refractivity contribution in [1.82, 2.24) is 19.9 Å². The Morgan fingerprint density at radius 2 is 1.96 bits per heavy atom. The molecule has 6 nitrogen and oxygen atoms in total. The molecule has 1 fully saturated rings. The fraction of sp³-hybridized carbons (Fsp3) is 0.474. The predicted molar refractivity (Wildman–Crippen MR) is 96.2 cm³/mol. The van der Waals surface area contributed by atoms with E-state index < -0.39 is 0 Å². The van der Waals surface area contributed by atoms with E-state index >= 15 is 0 Å². The molecule has 3 heterocycles. The van der Waals surface area contributed by atoms with Crippen LogP contribution in [-0.4, -0.2) is 45.4 Å². The summed E-state index contributed by atoms with van der Waals surface area (Å²) in [7, 11) is 0. The summed E-state index contributed by atoms with van der Waals surface area (Å²) in [5.74, 6) is 2.02. The van der Waals surface area contributed by atoms with Crippen LogP contribution in [-0.2, 0) is 17.6 Å². The molecule has 0 bridgehead atoms. The Morgan fingerprint density at radius 3 is 2.76 bits per heavy atom. The van der Waals surface area contributed by atoms with E-state index in [2.05, 4.69) is 10.3 Å². The van der Waals surface area contributed by atoms with E-state index in [0.717, 1.165) is 68.9 Å². The number of nitrogens with zero attached hydrogens (tertiary/aromatic N) is 4. The van der Waals surface area contributed by atoms with Gasteiger partial charge in [0.15, 0.2) is 5.82 Å². The van der Waals surface area contributed by atoms with Gasteiger partial charge in [0, 0.05) is 55.3 Å². The largest absolute Gasteiger partial charge is 0.370 e. The molecule has 0 unspecified atom stereocenters. The van der Waals surface area contributed by atoms with Crippen LogP contribution in [0.5, 0.6) is 0 Å². The van der Waals surface area contributed by atoms with Crippen LogP contribution in [0, 0.1) is 0 Å². The molecule has 0 spiro atoms. The van der Waals surface area contributed by atoms with E-state index in [-0.39, 0.29) is 0 Å². The van der Waals surface area contributed by atoms with Crippen molar-refractivity contribution < 1.29 is 4.79 Å². The van der Waals surface area contributed by atoms with Gasteiger partial charge in [0.1, 0.15) is 5.82 Å². The number of pyridine rings is 1. The highest BCUT2D eigenvalue weighted by atomic mass is 16.2. The lowest BCUT2D eigenvalue weighted by Gasteiger charge is -2.16. The molecule has 25 heavy (non-hydrogen) atoms. The number of anilines is 1. The first-order chi connectivity index (χ1) is 12.3. The van der Waals surface area contributed by atoms with Crippen molar-refractivity contribution >= 4 is 11.7 Å². The minimum atomic E-state index is 0.294. The summed E-state index contributed by atoms with van der Waals surface area (Å²) in [6.07, 6.45) is 9.39. The predicted octanol–water partition coefficient (Wildman–Crippen LogP) is 2.45. The van der Waals surface area contributed by atoms with Crippen molar-refractivity contribution in [2.45, 2.75) is 38.5 Å². The summed E-state index contributed by atoms with van der Waals surface area (Å²) < 4.78 is 0. The van der Waals surface area contributed by atoms with E-state index in [1.165, 1.54) is 11.3 Å². The van der Waals surface area contributed by atoms with Gasteiger partial charge >= 0.3 is 0 Å². The van der Waals surface area contributed by atoms with Gasteiger partial charge in [-0.25, -0.2) is 9.97 Å². The topological polar surface area (TPSA) is 71.0 Å². The second-order valence-corrected chi connectivity index (χ2v) is 6.68. The van der Waals surface area contributed by atoms with Crippen molar-refractivity contribution in [2.75, 3.05) is 25.0 Å². The minimum Gasteiger partial charge on any atom is -0.370 e. The SMILES string of the molecule is O=C1CCCN1CCCNc1nc(-c2ccncc2)nc2c1CCC2. The van der Waals surface area contributed by atoms with E-state index in [1.807, 2.05) is 17.0 Å². The first kappa shape index (κ1) is 16.0. The van der Waals surface area contributed by atoms with Gasteiger partial charge in [-0.3, -0.25) is 9.78 Å². The molecular weight excluding hydrogens is 314 g/mol. The Bertz CT molecular complexity index is 762. The second-order valence-electron chi connectivity index (χ2n) is 6.68. The van der Waals surface area contributed by atoms with Crippen LogP contribution >= 0.6 is 0 Å². The average molecular weight is 337 g/mol. The zero-order valence-electron chi connectivity index (χ0n) is 14.4. The first-order valence-electron chi connectivity index (χ1n) is 9.13. The van der Waals surface area contributed by atoms with Crippen LogP contribution in [0.3, 0.4) is 0 Å². The third-order valence-corrected chi connectivity index (χ3v) is 4.94. The van der Waals surface area contributed by atoms with Gasteiger partial charge in [0.2, 0.25) is 5.91 Å². The number of nitrogens with one attached hydrogen (secondary N) is 1. The molecule has 1 saturated heterocycles. The second kappa shape index (κ2) is 7.17. The molecule has 0 atom stereocenters. The summed E-state index contributed by atoms with van der Waals surface area (Å²) in [5.41, 5.74) is 3.42. The third kappa shape index (κ3) is 3.48. The van der Waals surface area contributed by atoms with Crippen LogP contribution in [0.15, 0.2) is 24.5 Å². The standard InChI is InChI=1S/C19H23N5O/c25-17-6-2-12-24(17)13-3-9-21-19-15-4-1-5-16(15)22-18(23-19)14-7-10-20-11-8-14/h7-8,10-11H,1-6,9,12-13H2,(H,21,22,23). The Balaban J connectivity index is 1.45. The maximum atomic E-state index is 11.7. The number of amides is 1. The van der Waals surface area contributed by atoms with E-state index in [1.54, 1.807) is 12.4 Å². The quantitative estimate of drug-likeness (QED) is 0.820. The van der Waals surface area contributed by atoms with Gasteiger partial charge in [0.25, 0.3) is 0 Å². The zero-order valence-corrected chi connectivity index (χ0v) is 14.4. The molecule has 0 aromatic carbocycles. The van der Waals surface area contributed by atoms with Gasteiger partial charge in [0.05, 0.1) is 0 Å². The molecule has 1 N–H and O–H groups in total. The number of hydrogen-bond donors (Lipinski definition) is 1. The van der Waals surface area contributed by atoms with E-state index in [9.17, 15) is 4.79 Å². The molecule has 2 aromatic heterocycles. The van der Waals surface area contributed by atoms with Gasteiger partial charge in [-0.05, 0) is 44.2 Å². The molecule has 0 radical (unpaired) electrons. The lowest BCUT2D eigenvalue weighted by molar-refractivity contribution is -0.127. The number of hydrogen-bond acceptors (Lipinski definition) is 5. The zero-order chi connectivity index (χ0) is 17.1. The minimum absolute atomic E-state index is 0.294. The molecule has 1 aliphatic carbocycles. The number of carbonyl (C=O) groups is 1. The number of carbonyl (C=O) groups excluding carboxylic acids is 1. The third-order valence-electron chi connectivity index (χ3n) is 4.94. The monoisotopic (exact) mass is 337 g/mol. The maximum absolute atomic E-state index is 11.7. The van der Waals surface area contributed by atoms with Crippen molar-refractivity contribution in [1.29, 1.82) is 0 Å². The van der Waals surface area contributed by atoms with Gasteiger partial charge in [-0.2, -0.15) is 0 Å². The average Bonchev–Trinajstić information content (AvgIpc) is 3.28. The van der Waals surface area contributed by atoms with Gasteiger partial charge < -0.3 is 10.2 Å². The molecule has 6 heteroatoms.